The van der Waals surface area contributed by atoms with E-state index in [4.69, 9.17) is 10.3 Å². The lowest BCUT2D eigenvalue weighted by molar-refractivity contribution is 0.0953. The van der Waals surface area contributed by atoms with E-state index in [2.05, 4.69) is 19.3 Å². The van der Waals surface area contributed by atoms with Crippen LogP contribution in [0.4, 0.5) is 0 Å². The van der Waals surface area contributed by atoms with Crippen LogP contribution in [-0.4, -0.2) is 11.7 Å². The molecule has 0 bridgehead atoms. The molecule has 19 heavy (non-hydrogen) atoms. The largest absolute Gasteiger partial charge is 0.459 e. The van der Waals surface area contributed by atoms with Crippen LogP contribution in [0.2, 0.25) is 0 Å². The smallest absolute Gasteiger partial charge is 0.269 e. The maximum Gasteiger partial charge on any atom is 0.269 e. The molecule has 1 heterocycles. The van der Waals surface area contributed by atoms with Gasteiger partial charge in [-0.05, 0) is 17.7 Å². The highest BCUT2D eigenvalue weighted by molar-refractivity contribution is 7.98. The van der Waals surface area contributed by atoms with Crippen LogP contribution in [0.5, 0.6) is 0 Å². The number of hydrazine groups is 1. The molecule has 0 aliphatic carbocycles. The van der Waals surface area contributed by atoms with Gasteiger partial charge in [0.25, 0.3) is 5.91 Å². The van der Waals surface area contributed by atoms with E-state index in [0.29, 0.717) is 23.0 Å². The van der Waals surface area contributed by atoms with Gasteiger partial charge in [-0.25, -0.2) is 5.84 Å². The summed E-state index contributed by atoms with van der Waals surface area (Å²) in [6.07, 6.45) is 0. The van der Waals surface area contributed by atoms with Gasteiger partial charge in [0.2, 0.25) is 0 Å². The summed E-state index contributed by atoms with van der Waals surface area (Å²) in [7, 11) is 0. The van der Waals surface area contributed by atoms with E-state index in [9.17, 15) is 4.79 Å². The fourth-order valence-electron chi connectivity index (χ4n) is 1.91. The number of thioether (sulfide) groups is 1. The summed E-state index contributed by atoms with van der Waals surface area (Å²) in [4.78, 5) is 11.9. The van der Waals surface area contributed by atoms with E-state index >= 15 is 0 Å². The van der Waals surface area contributed by atoms with Crippen LogP contribution in [0, 0.1) is 5.92 Å². The Hall–Kier alpha value is -1.46. The van der Waals surface area contributed by atoms with E-state index in [1.807, 2.05) is 24.3 Å². The predicted molar refractivity (Wildman–Crippen MR) is 78.9 cm³/mol. The molecule has 2 aromatic rings. The zero-order valence-electron chi connectivity index (χ0n) is 11.1. The molecular formula is C14H18N2O2S. The Labute approximate surface area is 116 Å². The second-order valence-electron chi connectivity index (χ2n) is 4.78. The van der Waals surface area contributed by atoms with E-state index < -0.39 is 0 Å². The molecule has 3 N–H and O–H groups in total. The number of hydrogen-bond donors (Lipinski definition) is 2. The van der Waals surface area contributed by atoms with Gasteiger partial charge < -0.3 is 4.42 Å². The van der Waals surface area contributed by atoms with Crippen molar-refractivity contribution >= 4 is 28.6 Å². The Balaban J connectivity index is 2.33. The predicted octanol–water partition coefficient (Wildman–Crippen LogP) is 2.93. The summed E-state index contributed by atoms with van der Waals surface area (Å²) in [6.45, 7) is 4.33. The highest BCUT2D eigenvalue weighted by atomic mass is 32.2. The van der Waals surface area contributed by atoms with Gasteiger partial charge >= 0.3 is 0 Å². The van der Waals surface area contributed by atoms with Crippen molar-refractivity contribution in [3.63, 3.8) is 0 Å². The minimum atomic E-state index is -0.301. The number of carbonyl (C=O) groups excluding carboxylic acids is 1. The third-order valence-electron chi connectivity index (χ3n) is 2.71. The van der Waals surface area contributed by atoms with Gasteiger partial charge in [0.15, 0.2) is 0 Å². The van der Waals surface area contributed by atoms with Crippen molar-refractivity contribution in [2.75, 3.05) is 5.75 Å². The molecule has 0 atom stereocenters. The summed E-state index contributed by atoms with van der Waals surface area (Å²) in [5, 5.41) is 0.811. The molecule has 5 heteroatoms. The summed E-state index contributed by atoms with van der Waals surface area (Å²) in [5.41, 5.74) is 3.46. The second-order valence-corrected chi connectivity index (χ2v) is 5.81. The summed E-state index contributed by atoms with van der Waals surface area (Å²) >= 11 is 1.76. The molecule has 1 amide bonds. The maximum absolute atomic E-state index is 11.9. The van der Waals surface area contributed by atoms with Gasteiger partial charge in [-0.15, -0.1) is 0 Å². The van der Waals surface area contributed by atoms with Crippen molar-refractivity contribution in [2.24, 2.45) is 11.8 Å². The maximum atomic E-state index is 11.9. The van der Waals surface area contributed by atoms with Gasteiger partial charge in [-0.1, -0.05) is 32.0 Å². The van der Waals surface area contributed by atoms with Crippen LogP contribution in [0.25, 0.3) is 11.0 Å². The van der Waals surface area contributed by atoms with Crippen LogP contribution >= 0.6 is 11.8 Å². The van der Waals surface area contributed by atoms with Crippen molar-refractivity contribution in [2.45, 2.75) is 19.6 Å². The molecule has 2 rings (SSSR count). The molecule has 0 fully saturated rings. The monoisotopic (exact) mass is 278 g/mol. The molecule has 0 radical (unpaired) electrons. The number of amides is 1. The Morgan fingerprint density at radius 3 is 2.84 bits per heavy atom. The number of nitrogens with two attached hydrogens (primary N) is 1. The molecule has 0 saturated carbocycles. The zero-order chi connectivity index (χ0) is 13.8. The summed E-state index contributed by atoms with van der Waals surface area (Å²) in [5.74, 6) is 7.96. The minimum Gasteiger partial charge on any atom is -0.459 e. The first-order chi connectivity index (χ1) is 9.13. The second kappa shape index (κ2) is 6.12. The van der Waals surface area contributed by atoms with E-state index in [1.165, 1.54) is 0 Å². The normalized spacial score (nSPS) is 11.2. The van der Waals surface area contributed by atoms with E-state index in [-0.39, 0.29) is 5.91 Å². The van der Waals surface area contributed by atoms with E-state index in [0.717, 1.165) is 16.7 Å². The first kappa shape index (κ1) is 14.0. The average molecular weight is 278 g/mol. The van der Waals surface area contributed by atoms with Gasteiger partial charge in [-0.2, -0.15) is 11.8 Å². The number of furan rings is 1. The molecule has 0 spiro atoms. The number of nitrogen functional groups attached to an aromatic ring is 1. The summed E-state index contributed by atoms with van der Waals surface area (Å²) in [6, 6.07) is 7.51. The van der Waals surface area contributed by atoms with Crippen molar-refractivity contribution in [1.29, 1.82) is 0 Å². The molecule has 0 aliphatic rings. The quantitative estimate of drug-likeness (QED) is 0.501. The lowest BCUT2D eigenvalue weighted by Crippen LogP contribution is -2.30. The lowest BCUT2D eigenvalue weighted by atomic mass is 10.1. The Morgan fingerprint density at radius 1 is 1.42 bits per heavy atom. The Morgan fingerprint density at radius 2 is 2.16 bits per heavy atom. The minimum absolute atomic E-state index is 0.301. The van der Waals surface area contributed by atoms with Crippen molar-refractivity contribution in [3.8, 4) is 0 Å². The van der Waals surface area contributed by atoms with Crippen LogP contribution in [0.1, 0.15) is 30.0 Å². The highest BCUT2D eigenvalue weighted by Gasteiger charge is 2.19. The molecule has 0 aliphatic heterocycles. The van der Waals surface area contributed by atoms with Gasteiger partial charge in [0.1, 0.15) is 11.3 Å². The van der Waals surface area contributed by atoms with Gasteiger partial charge in [0, 0.05) is 5.39 Å². The number of fused-ring (bicyclic) bond motifs is 1. The number of benzene rings is 1. The van der Waals surface area contributed by atoms with Crippen LogP contribution in [0.15, 0.2) is 28.7 Å². The number of nitrogens with one attached hydrogen (secondary N) is 1. The van der Waals surface area contributed by atoms with Crippen LogP contribution in [-0.2, 0) is 5.75 Å². The third-order valence-corrected chi connectivity index (χ3v) is 4.08. The Kier molecular flexibility index (Phi) is 4.50. The molecule has 1 aromatic carbocycles. The first-order valence-corrected chi connectivity index (χ1v) is 7.38. The molecule has 0 saturated heterocycles. The van der Waals surface area contributed by atoms with Crippen molar-refractivity contribution < 1.29 is 9.21 Å². The van der Waals surface area contributed by atoms with Crippen LogP contribution in [0.3, 0.4) is 0 Å². The SMILES string of the molecule is CC(C)CSCc1oc2ccccc2c1C(=O)NN. The van der Waals surface area contributed by atoms with Crippen molar-refractivity contribution in [3.05, 3.63) is 35.6 Å². The fourth-order valence-corrected chi connectivity index (χ4v) is 2.88. The van der Waals surface area contributed by atoms with Crippen LogP contribution < -0.4 is 11.3 Å². The molecule has 1 aromatic heterocycles. The Bertz CT molecular complexity index is 578. The number of hydrogen-bond acceptors (Lipinski definition) is 4. The topological polar surface area (TPSA) is 68.3 Å². The fraction of sp³-hybridized carbons (Fsp3) is 0.357. The first-order valence-electron chi connectivity index (χ1n) is 6.22. The van der Waals surface area contributed by atoms with Gasteiger partial charge in [-0.3, -0.25) is 10.2 Å². The van der Waals surface area contributed by atoms with Crippen molar-refractivity contribution in [1.82, 2.24) is 5.43 Å². The standard InChI is InChI=1S/C14H18N2O2S/c1-9(2)7-19-8-12-13(14(17)16-15)10-5-3-4-6-11(10)18-12/h3-6,9H,7-8,15H2,1-2H3,(H,16,17). The molecule has 102 valence electrons. The summed E-state index contributed by atoms with van der Waals surface area (Å²) < 4.78 is 5.77. The lowest BCUT2D eigenvalue weighted by Gasteiger charge is -2.04. The molecule has 0 unspecified atom stereocenters. The van der Waals surface area contributed by atoms with Gasteiger partial charge in [0.05, 0.1) is 11.3 Å². The number of rotatable bonds is 5. The molecular weight excluding hydrogens is 260 g/mol. The number of carbonyl (C=O) groups is 1. The average Bonchev–Trinajstić information content (AvgIpc) is 2.75. The van der Waals surface area contributed by atoms with E-state index in [1.54, 1.807) is 11.8 Å². The highest BCUT2D eigenvalue weighted by Crippen LogP contribution is 2.29. The molecule has 4 nitrogen and oxygen atoms in total. The third kappa shape index (κ3) is 3.11. The zero-order valence-corrected chi connectivity index (χ0v) is 11.9. The number of para-hydroxylation sites is 1.